The third-order valence-corrected chi connectivity index (χ3v) is 5.11. The summed E-state index contributed by atoms with van der Waals surface area (Å²) in [6.07, 6.45) is 5.54. The van der Waals surface area contributed by atoms with Crippen molar-refractivity contribution >= 4 is 5.91 Å². The van der Waals surface area contributed by atoms with Gasteiger partial charge in [0.1, 0.15) is 0 Å². The van der Waals surface area contributed by atoms with E-state index in [-0.39, 0.29) is 5.91 Å². The molecule has 1 heterocycles. The second-order valence-corrected chi connectivity index (χ2v) is 6.92. The Morgan fingerprint density at radius 1 is 1.32 bits per heavy atom. The first kappa shape index (κ1) is 15.5. The molecule has 3 rings (SSSR count). The van der Waals surface area contributed by atoms with Crippen LogP contribution < -0.4 is 11.1 Å². The monoisotopic (exact) mass is 301 g/mol. The minimum absolute atomic E-state index is 0.00589. The molecule has 0 spiro atoms. The van der Waals surface area contributed by atoms with Crippen LogP contribution in [0.1, 0.15) is 50.2 Å². The average Bonchev–Trinajstić information content (AvgIpc) is 3.27. The molecule has 1 saturated carbocycles. The Balaban J connectivity index is 1.63. The van der Waals surface area contributed by atoms with Gasteiger partial charge in [0.25, 0.3) is 0 Å². The van der Waals surface area contributed by atoms with Gasteiger partial charge in [-0.1, -0.05) is 30.7 Å². The van der Waals surface area contributed by atoms with E-state index < -0.39 is 5.54 Å². The summed E-state index contributed by atoms with van der Waals surface area (Å²) in [6.45, 7) is 5.04. The Morgan fingerprint density at radius 2 is 2.05 bits per heavy atom. The number of hydrogen-bond donors (Lipinski definition) is 2. The molecule has 1 aliphatic heterocycles. The molecular weight excluding hydrogens is 274 g/mol. The first-order chi connectivity index (χ1) is 10.6. The van der Waals surface area contributed by atoms with Gasteiger partial charge in [-0.05, 0) is 50.3 Å². The Hall–Kier alpha value is -1.39. The lowest BCUT2D eigenvalue weighted by Gasteiger charge is -2.33. The van der Waals surface area contributed by atoms with E-state index in [2.05, 4.69) is 35.3 Å². The molecule has 1 atom stereocenters. The third kappa shape index (κ3) is 3.50. The van der Waals surface area contributed by atoms with E-state index in [1.807, 2.05) is 6.07 Å². The highest BCUT2D eigenvalue weighted by molar-refractivity contribution is 5.88. The summed E-state index contributed by atoms with van der Waals surface area (Å²) in [5.74, 6) is -0.00589. The van der Waals surface area contributed by atoms with Gasteiger partial charge in [0.05, 0.1) is 5.54 Å². The lowest BCUT2D eigenvalue weighted by Crippen LogP contribution is -2.42. The van der Waals surface area contributed by atoms with E-state index in [1.54, 1.807) is 0 Å². The van der Waals surface area contributed by atoms with E-state index in [0.717, 1.165) is 19.4 Å². The van der Waals surface area contributed by atoms with Gasteiger partial charge in [-0.25, -0.2) is 0 Å². The fraction of sp³-hybridized carbons (Fsp3) is 0.611. The molecule has 4 nitrogen and oxygen atoms in total. The maximum absolute atomic E-state index is 12.0. The summed E-state index contributed by atoms with van der Waals surface area (Å²) < 4.78 is 0. The predicted molar refractivity (Wildman–Crippen MR) is 88.2 cm³/mol. The highest BCUT2D eigenvalue weighted by atomic mass is 16.2. The van der Waals surface area contributed by atoms with Crippen LogP contribution in [-0.4, -0.2) is 28.9 Å². The standard InChI is InChI=1S/C18H27N3O/c1-14-6-4-5-11-21(14)13-16-8-3-2-7-15(16)12-20-17(22)18(19)9-10-18/h2-3,7-8,14H,4-6,9-13,19H2,1H3,(H,20,22)/t14-/m0/s1. The zero-order chi connectivity index (χ0) is 15.6. The highest BCUT2D eigenvalue weighted by Gasteiger charge is 2.45. The normalized spacial score (nSPS) is 24.0. The molecule has 3 N–H and O–H groups in total. The summed E-state index contributed by atoms with van der Waals surface area (Å²) in [4.78, 5) is 14.6. The number of carbonyl (C=O) groups excluding carboxylic acids is 1. The molecular formula is C18H27N3O. The summed E-state index contributed by atoms with van der Waals surface area (Å²) in [6, 6.07) is 9.06. The molecule has 2 fully saturated rings. The molecule has 0 aromatic heterocycles. The van der Waals surface area contributed by atoms with Crippen LogP contribution >= 0.6 is 0 Å². The van der Waals surface area contributed by atoms with Crippen LogP contribution in [0.3, 0.4) is 0 Å². The molecule has 1 aliphatic carbocycles. The molecule has 0 bridgehead atoms. The van der Waals surface area contributed by atoms with Crippen LogP contribution in [0.2, 0.25) is 0 Å². The van der Waals surface area contributed by atoms with Gasteiger partial charge in [-0.15, -0.1) is 0 Å². The predicted octanol–water partition coefficient (Wildman–Crippen LogP) is 2.17. The number of rotatable bonds is 5. The fourth-order valence-corrected chi connectivity index (χ4v) is 3.21. The van der Waals surface area contributed by atoms with Crippen molar-refractivity contribution in [3.63, 3.8) is 0 Å². The number of nitrogens with one attached hydrogen (secondary N) is 1. The minimum atomic E-state index is -0.587. The zero-order valence-electron chi connectivity index (χ0n) is 13.5. The van der Waals surface area contributed by atoms with E-state index in [9.17, 15) is 4.79 Å². The van der Waals surface area contributed by atoms with Crippen molar-refractivity contribution < 1.29 is 4.79 Å². The van der Waals surface area contributed by atoms with Gasteiger partial charge < -0.3 is 11.1 Å². The van der Waals surface area contributed by atoms with Crippen molar-refractivity contribution in [2.24, 2.45) is 5.73 Å². The lowest BCUT2D eigenvalue weighted by atomic mass is 10.0. The maximum Gasteiger partial charge on any atom is 0.240 e. The van der Waals surface area contributed by atoms with Crippen LogP contribution in [-0.2, 0) is 17.9 Å². The smallest absolute Gasteiger partial charge is 0.240 e. The molecule has 1 aromatic carbocycles. The summed E-state index contributed by atoms with van der Waals surface area (Å²) >= 11 is 0. The zero-order valence-corrected chi connectivity index (χ0v) is 13.5. The Morgan fingerprint density at radius 3 is 2.73 bits per heavy atom. The summed E-state index contributed by atoms with van der Waals surface area (Å²) in [5, 5.41) is 3.01. The summed E-state index contributed by atoms with van der Waals surface area (Å²) in [5.41, 5.74) is 7.88. The Labute approximate surface area is 133 Å². The van der Waals surface area contributed by atoms with Gasteiger partial charge in [0.2, 0.25) is 5.91 Å². The van der Waals surface area contributed by atoms with Crippen LogP contribution in [0, 0.1) is 0 Å². The van der Waals surface area contributed by atoms with Crippen LogP contribution in [0.5, 0.6) is 0 Å². The lowest BCUT2D eigenvalue weighted by molar-refractivity contribution is -0.123. The quantitative estimate of drug-likeness (QED) is 0.876. The van der Waals surface area contributed by atoms with E-state index in [4.69, 9.17) is 5.73 Å². The van der Waals surface area contributed by atoms with Crippen molar-refractivity contribution in [1.29, 1.82) is 0 Å². The van der Waals surface area contributed by atoms with Crippen LogP contribution in [0.15, 0.2) is 24.3 Å². The van der Waals surface area contributed by atoms with Gasteiger partial charge in [-0.2, -0.15) is 0 Å². The SMILES string of the molecule is C[C@H]1CCCCN1Cc1ccccc1CNC(=O)C1(N)CC1. The number of benzene rings is 1. The van der Waals surface area contributed by atoms with Gasteiger partial charge in [-0.3, -0.25) is 9.69 Å². The number of hydrogen-bond acceptors (Lipinski definition) is 3. The first-order valence-corrected chi connectivity index (χ1v) is 8.46. The van der Waals surface area contributed by atoms with Crippen LogP contribution in [0.4, 0.5) is 0 Å². The first-order valence-electron chi connectivity index (χ1n) is 8.46. The van der Waals surface area contributed by atoms with Gasteiger partial charge in [0, 0.05) is 19.1 Å². The van der Waals surface area contributed by atoms with Gasteiger partial charge in [0.15, 0.2) is 0 Å². The number of piperidine rings is 1. The highest BCUT2D eigenvalue weighted by Crippen LogP contribution is 2.32. The Kier molecular flexibility index (Phi) is 4.50. The van der Waals surface area contributed by atoms with E-state index in [1.165, 1.54) is 36.9 Å². The Bertz CT molecular complexity index is 539. The second-order valence-electron chi connectivity index (χ2n) is 6.92. The molecule has 0 unspecified atom stereocenters. The number of amides is 1. The average molecular weight is 301 g/mol. The van der Waals surface area contributed by atoms with E-state index >= 15 is 0 Å². The molecule has 1 amide bonds. The van der Waals surface area contributed by atoms with Crippen LogP contribution in [0.25, 0.3) is 0 Å². The molecule has 4 heteroatoms. The number of nitrogens with two attached hydrogens (primary N) is 1. The molecule has 1 saturated heterocycles. The van der Waals surface area contributed by atoms with Crippen molar-refractivity contribution in [3.8, 4) is 0 Å². The number of carbonyl (C=O) groups is 1. The third-order valence-electron chi connectivity index (χ3n) is 5.11. The molecule has 22 heavy (non-hydrogen) atoms. The molecule has 1 aromatic rings. The minimum Gasteiger partial charge on any atom is -0.350 e. The maximum atomic E-state index is 12.0. The van der Waals surface area contributed by atoms with E-state index in [0.29, 0.717) is 12.6 Å². The molecule has 0 radical (unpaired) electrons. The molecule has 120 valence electrons. The van der Waals surface area contributed by atoms with Crippen molar-refractivity contribution in [3.05, 3.63) is 35.4 Å². The molecule has 2 aliphatic rings. The number of likely N-dealkylation sites (tertiary alicyclic amines) is 1. The van der Waals surface area contributed by atoms with Crippen molar-refractivity contribution in [2.75, 3.05) is 6.54 Å². The van der Waals surface area contributed by atoms with Gasteiger partial charge >= 0.3 is 0 Å². The summed E-state index contributed by atoms with van der Waals surface area (Å²) in [7, 11) is 0. The van der Waals surface area contributed by atoms with Crippen molar-refractivity contribution in [1.82, 2.24) is 10.2 Å². The number of nitrogens with zero attached hydrogens (tertiary/aromatic N) is 1. The second kappa shape index (κ2) is 6.39. The largest absolute Gasteiger partial charge is 0.350 e. The fourth-order valence-electron chi connectivity index (χ4n) is 3.21. The topological polar surface area (TPSA) is 58.4 Å². The van der Waals surface area contributed by atoms with Crippen molar-refractivity contribution in [2.45, 2.75) is 63.7 Å².